The zero-order chi connectivity index (χ0) is 7.26. The van der Waals surface area contributed by atoms with Gasteiger partial charge in [0.05, 0.1) is 19.8 Å². The van der Waals surface area contributed by atoms with E-state index in [1.54, 1.807) is 0 Å². The lowest BCUT2D eigenvalue weighted by Crippen LogP contribution is -2.25. The van der Waals surface area contributed by atoms with Gasteiger partial charge < -0.3 is 19.3 Å². The number of ether oxygens (including phenoxy) is 2. The van der Waals surface area contributed by atoms with Crippen LogP contribution in [0.5, 0.6) is 0 Å². The van der Waals surface area contributed by atoms with Crippen LogP contribution in [-0.4, -0.2) is 42.8 Å². The van der Waals surface area contributed by atoms with Crippen LogP contribution < -0.4 is 0 Å². The lowest BCUT2D eigenvalue weighted by Gasteiger charge is -2.12. The summed E-state index contributed by atoms with van der Waals surface area (Å²) >= 11 is 0. The molecule has 0 radical (unpaired) electrons. The molecule has 3 heterocycles. The molecule has 0 aromatic carbocycles. The summed E-state index contributed by atoms with van der Waals surface area (Å²) < 4.78 is 10.9. The first-order valence-corrected chi connectivity index (χ1v) is 3.95. The van der Waals surface area contributed by atoms with Crippen molar-refractivity contribution in [3.05, 3.63) is 11.8 Å². The number of nitrogens with zero attached hydrogens (tertiary/aromatic N) is 2. The molecule has 3 aliphatic rings. The fourth-order valence-corrected chi connectivity index (χ4v) is 1.76. The molecule has 0 N–H and O–H groups in total. The van der Waals surface area contributed by atoms with Gasteiger partial charge in [0, 0.05) is 0 Å². The zero-order valence-electron chi connectivity index (χ0n) is 6.25. The first kappa shape index (κ1) is 5.57. The molecule has 0 unspecified atom stereocenters. The van der Waals surface area contributed by atoms with Crippen molar-refractivity contribution in [3.8, 4) is 0 Å². The lowest BCUT2D eigenvalue weighted by atomic mass is 10.6. The van der Waals surface area contributed by atoms with Crippen molar-refractivity contribution in [3.63, 3.8) is 0 Å². The summed E-state index contributed by atoms with van der Waals surface area (Å²) in [5.74, 6) is 1.92. The van der Waals surface area contributed by atoms with Crippen molar-refractivity contribution in [1.29, 1.82) is 0 Å². The molecule has 3 aliphatic heterocycles. The normalized spacial score (nSPS) is 26.9. The predicted octanol–water partition coefficient (Wildman–Crippen LogP) is -0.252. The molecule has 4 heteroatoms. The highest BCUT2D eigenvalue weighted by molar-refractivity contribution is 5.11. The van der Waals surface area contributed by atoms with E-state index in [4.69, 9.17) is 9.47 Å². The maximum atomic E-state index is 5.43. The summed E-state index contributed by atoms with van der Waals surface area (Å²) in [5, 5.41) is 0. The number of hydrogen-bond donors (Lipinski definition) is 0. The minimum atomic E-state index is 0.816. The molecule has 0 amide bonds. The summed E-state index contributed by atoms with van der Waals surface area (Å²) in [4.78, 5) is 4.43. The highest BCUT2D eigenvalue weighted by Gasteiger charge is 2.38. The van der Waals surface area contributed by atoms with Crippen LogP contribution >= 0.6 is 0 Å². The zero-order valence-corrected chi connectivity index (χ0v) is 6.25. The van der Waals surface area contributed by atoms with Gasteiger partial charge in [-0.3, -0.25) is 0 Å². The summed E-state index contributed by atoms with van der Waals surface area (Å²) in [6.07, 6.45) is 0. The van der Waals surface area contributed by atoms with Gasteiger partial charge in [-0.1, -0.05) is 0 Å². The number of rotatable bonds is 0. The molecule has 0 saturated carbocycles. The average molecular weight is 154 g/mol. The van der Waals surface area contributed by atoms with E-state index in [1.165, 1.54) is 0 Å². The Morgan fingerprint density at radius 1 is 0.909 bits per heavy atom. The van der Waals surface area contributed by atoms with Gasteiger partial charge in [-0.05, 0) is 0 Å². The first-order valence-electron chi connectivity index (χ1n) is 3.95. The van der Waals surface area contributed by atoms with Gasteiger partial charge in [-0.25, -0.2) is 0 Å². The molecular formula is C7H10N2O2. The minimum Gasteiger partial charge on any atom is -0.473 e. The standard InChI is InChI=1S/C7H10N2O2/c1-3-10-6-7-9(2-4-11-7)5-8(1)6/h1-5H2. The molecule has 0 atom stereocenters. The monoisotopic (exact) mass is 154 g/mol. The smallest absolute Gasteiger partial charge is 0.253 e. The second kappa shape index (κ2) is 1.75. The van der Waals surface area contributed by atoms with Gasteiger partial charge >= 0.3 is 0 Å². The van der Waals surface area contributed by atoms with Crippen LogP contribution in [0.3, 0.4) is 0 Å². The van der Waals surface area contributed by atoms with Gasteiger partial charge in [-0.2, -0.15) is 0 Å². The molecule has 2 fully saturated rings. The average Bonchev–Trinajstić information content (AvgIpc) is 2.52. The van der Waals surface area contributed by atoms with E-state index in [0.29, 0.717) is 0 Å². The van der Waals surface area contributed by atoms with E-state index in [1.807, 2.05) is 0 Å². The van der Waals surface area contributed by atoms with Crippen LogP contribution in [-0.2, 0) is 9.47 Å². The Kier molecular flexibility index (Phi) is 0.887. The van der Waals surface area contributed by atoms with Crippen LogP contribution in [0.1, 0.15) is 0 Å². The van der Waals surface area contributed by atoms with Gasteiger partial charge in [0.1, 0.15) is 13.2 Å². The summed E-state index contributed by atoms with van der Waals surface area (Å²) in [5.41, 5.74) is 0. The fraction of sp³-hybridized carbons (Fsp3) is 0.714. The Hall–Kier alpha value is -1.06. The van der Waals surface area contributed by atoms with E-state index in [-0.39, 0.29) is 0 Å². The van der Waals surface area contributed by atoms with Crippen molar-refractivity contribution in [2.24, 2.45) is 0 Å². The highest BCUT2D eigenvalue weighted by Crippen LogP contribution is 2.31. The molecule has 60 valence electrons. The number of hydrogen-bond acceptors (Lipinski definition) is 4. The van der Waals surface area contributed by atoms with E-state index in [9.17, 15) is 0 Å². The van der Waals surface area contributed by atoms with Crippen LogP contribution in [0.25, 0.3) is 0 Å². The molecule has 0 aromatic rings. The SMILES string of the molecule is C1CN2CN3CCOC3=C2O1. The summed E-state index contributed by atoms with van der Waals surface area (Å²) in [6, 6.07) is 0. The van der Waals surface area contributed by atoms with E-state index in [2.05, 4.69) is 9.80 Å². The molecule has 0 aliphatic carbocycles. The van der Waals surface area contributed by atoms with Crippen LogP contribution in [0.15, 0.2) is 11.8 Å². The van der Waals surface area contributed by atoms with Crippen LogP contribution in [0.4, 0.5) is 0 Å². The molecule has 2 saturated heterocycles. The molecule has 0 aromatic heterocycles. The Morgan fingerprint density at radius 3 is 2.00 bits per heavy atom. The maximum absolute atomic E-state index is 5.43. The molecule has 0 spiro atoms. The molecule has 3 rings (SSSR count). The third-order valence-corrected chi connectivity index (χ3v) is 2.30. The van der Waals surface area contributed by atoms with E-state index >= 15 is 0 Å². The lowest BCUT2D eigenvalue weighted by molar-refractivity contribution is 0.192. The van der Waals surface area contributed by atoms with Gasteiger partial charge in [0.15, 0.2) is 0 Å². The second-order valence-electron chi connectivity index (χ2n) is 2.98. The van der Waals surface area contributed by atoms with Crippen LogP contribution in [0.2, 0.25) is 0 Å². The minimum absolute atomic E-state index is 0.816. The van der Waals surface area contributed by atoms with Gasteiger partial charge in [0.2, 0.25) is 0 Å². The molecular weight excluding hydrogens is 144 g/mol. The summed E-state index contributed by atoms with van der Waals surface area (Å²) in [7, 11) is 0. The van der Waals surface area contributed by atoms with Crippen LogP contribution in [0, 0.1) is 0 Å². The van der Waals surface area contributed by atoms with Crippen molar-refractivity contribution in [2.75, 3.05) is 33.0 Å². The Morgan fingerprint density at radius 2 is 1.45 bits per heavy atom. The second-order valence-corrected chi connectivity index (χ2v) is 2.98. The van der Waals surface area contributed by atoms with Crippen molar-refractivity contribution in [2.45, 2.75) is 0 Å². The van der Waals surface area contributed by atoms with Crippen molar-refractivity contribution < 1.29 is 9.47 Å². The third kappa shape index (κ3) is 0.593. The largest absolute Gasteiger partial charge is 0.473 e. The quantitative estimate of drug-likeness (QED) is 0.480. The fourth-order valence-electron chi connectivity index (χ4n) is 1.76. The Labute approximate surface area is 65.0 Å². The van der Waals surface area contributed by atoms with E-state index < -0.39 is 0 Å². The topological polar surface area (TPSA) is 24.9 Å². The Bertz CT molecular complexity index is 204. The number of fused-ring (bicyclic) bond motifs is 2. The summed E-state index contributed by atoms with van der Waals surface area (Å²) in [6.45, 7) is 4.62. The first-order chi connectivity index (χ1) is 5.45. The van der Waals surface area contributed by atoms with E-state index in [0.717, 1.165) is 44.7 Å². The molecule has 4 nitrogen and oxygen atoms in total. The van der Waals surface area contributed by atoms with Gasteiger partial charge in [0.25, 0.3) is 11.8 Å². The highest BCUT2D eigenvalue weighted by atomic mass is 16.6. The van der Waals surface area contributed by atoms with Crippen molar-refractivity contribution in [1.82, 2.24) is 9.80 Å². The van der Waals surface area contributed by atoms with Crippen molar-refractivity contribution >= 4 is 0 Å². The third-order valence-electron chi connectivity index (χ3n) is 2.30. The van der Waals surface area contributed by atoms with Gasteiger partial charge in [-0.15, -0.1) is 0 Å². The maximum Gasteiger partial charge on any atom is 0.253 e. The molecule has 11 heavy (non-hydrogen) atoms. The predicted molar refractivity (Wildman–Crippen MR) is 37.2 cm³/mol. The molecule has 0 bridgehead atoms. The Balaban J connectivity index is 2.01.